The van der Waals surface area contributed by atoms with Crippen molar-refractivity contribution in [3.63, 3.8) is 0 Å². The fraction of sp³-hybridized carbons (Fsp3) is 0.941. The van der Waals surface area contributed by atoms with Gasteiger partial charge in [0.2, 0.25) is 0 Å². The normalized spacial score (nSPS) is 12.8. The molecule has 0 aliphatic rings. The summed E-state index contributed by atoms with van der Waals surface area (Å²) in [5.41, 5.74) is 0. The number of rotatable bonds is 29. The second kappa shape index (κ2) is 29.9. The van der Waals surface area contributed by atoms with Crippen LogP contribution in [0.2, 0.25) is 0 Å². The van der Waals surface area contributed by atoms with E-state index in [0.717, 1.165) is 6.04 Å². The minimum Gasteiger partial charge on any atom is -0.306 e. The Morgan fingerprint density at radius 1 is 0.400 bits per heavy atom. The Morgan fingerprint density at radius 2 is 0.686 bits per heavy atom. The Bertz CT molecular complexity index is 399. The lowest BCUT2D eigenvalue weighted by atomic mass is 9.99. The molecule has 0 N–H and O–H groups in total. The SMILES string of the molecule is CCCCCCCC/C=C\CCCCCCCC(CCCCCCCCCCCCCC)N(C)C. The van der Waals surface area contributed by atoms with Crippen LogP contribution < -0.4 is 0 Å². The van der Waals surface area contributed by atoms with E-state index < -0.39 is 0 Å². The molecule has 0 aromatic rings. The molecule has 1 heteroatoms. The maximum absolute atomic E-state index is 2.49. The van der Waals surface area contributed by atoms with Crippen molar-refractivity contribution in [3.8, 4) is 0 Å². The fourth-order valence-electron chi connectivity index (χ4n) is 5.33. The lowest BCUT2D eigenvalue weighted by Gasteiger charge is -2.24. The van der Waals surface area contributed by atoms with E-state index in [4.69, 9.17) is 0 Å². The molecule has 1 atom stereocenters. The minimum atomic E-state index is 0.808. The van der Waals surface area contributed by atoms with E-state index >= 15 is 0 Å². The highest BCUT2D eigenvalue weighted by atomic mass is 15.1. The molecule has 0 spiro atoms. The average molecular weight is 492 g/mol. The number of nitrogens with zero attached hydrogens (tertiary/aromatic N) is 1. The molecule has 0 aliphatic heterocycles. The van der Waals surface area contributed by atoms with Crippen LogP contribution in [0, 0.1) is 0 Å². The summed E-state index contributed by atoms with van der Waals surface area (Å²) >= 11 is 0. The van der Waals surface area contributed by atoms with Crippen molar-refractivity contribution < 1.29 is 0 Å². The van der Waals surface area contributed by atoms with Gasteiger partial charge in [0.25, 0.3) is 0 Å². The van der Waals surface area contributed by atoms with Crippen molar-refractivity contribution in [2.45, 2.75) is 193 Å². The van der Waals surface area contributed by atoms with Gasteiger partial charge < -0.3 is 4.90 Å². The number of hydrogen-bond donors (Lipinski definition) is 0. The van der Waals surface area contributed by atoms with Gasteiger partial charge in [-0.1, -0.05) is 161 Å². The summed E-state index contributed by atoms with van der Waals surface area (Å²) in [5.74, 6) is 0. The van der Waals surface area contributed by atoms with Crippen LogP contribution in [0.5, 0.6) is 0 Å². The number of hydrogen-bond acceptors (Lipinski definition) is 1. The Labute approximate surface area is 224 Å². The monoisotopic (exact) mass is 492 g/mol. The molecular weight excluding hydrogens is 422 g/mol. The topological polar surface area (TPSA) is 3.24 Å². The Kier molecular flexibility index (Phi) is 29.7. The van der Waals surface area contributed by atoms with E-state index in [-0.39, 0.29) is 0 Å². The van der Waals surface area contributed by atoms with Gasteiger partial charge in [0, 0.05) is 6.04 Å². The van der Waals surface area contributed by atoms with E-state index in [9.17, 15) is 0 Å². The number of unbranched alkanes of at least 4 members (excludes halogenated alkanes) is 22. The summed E-state index contributed by atoms with van der Waals surface area (Å²) in [5, 5.41) is 0. The van der Waals surface area contributed by atoms with Crippen LogP contribution in [0.25, 0.3) is 0 Å². The first kappa shape index (κ1) is 34.7. The molecule has 0 aliphatic carbocycles. The van der Waals surface area contributed by atoms with Crippen molar-refractivity contribution >= 4 is 0 Å². The molecule has 0 amide bonds. The summed E-state index contributed by atoms with van der Waals surface area (Å²) in [6.45, 7) is 4.60. The van der Waals surface area contributed by atoms with Gasteiger partial charge in [-0.3, -0.25) is 0 Å². The maximum atomic E-state index is 2.49. The summed E-state index contributed by atoms with van der Waals surface area (Å²) in [6, 6.07) is 0.808. The molecule has 0 rings (SSSR count). The van der Waals surface area contributed by atoms with E-state index in [1.54, 1.807) is 0 Å². The van der Waals surface area contributed by atoms with E-state index in [2.05, 4.69) is 45.0 Å². The van der Waals surface area contributed by atoms with Gasteiger partial charge in [-0.05, 0) is 52.6 Å². The largest absolute Gasteiger partial charge is 0.306 e. The van der Waals surface area contributed by atoms with Crippen LogP contribution in [0.15, 0.2) is 12.2 Å². The Morgan fingerprint density at radius 3 is 1.00 bits per heavy atom. The molecule has 0 saturated heterocycles. The van der Waals surface area contributed by atoms with Crippen molar-refractivity contribution in [1.29, 1.82) is 0 Å². The minimum absolute atomic E-state index is 0.808. The molecule has 1 nitrogen and oxygen atoms in total. The van der Waals surface area contributed by atoms with Gasteiger partial charge in [-0.15, -0.1) is 0 Å². The Balaban J connectivity index is 3.45. The van der Waals surface area contributed by atoms with Crippen molar-refractivity contribution in [2.24, 2.45) is 0 Å². The highest BCUT2D eigenvalue weighted by molar-refractivity contribution is 4.81. The van der Waals surface area contributed by atoms with Crippen LogP contribution in [-0.4, -0.2) is 25.0 Å². The molecule has 0 bridgehead atoms. The zero-order valence-corrected chi connectivity index (χ0v) is 25.3. The van der Waals surface area contributed by atoms with Gasteiger partial charge in [0.15, 0.2) is 0 Å². The molecule has 0 fully saturated rings. The van der Waals surface area contributed by atoms with Crippen molar-refractivity contribution in [3.05, 3.63) is 12.2 Å². The van der Waals surface area contributed by atoms with E-state index in [0.29, 0.717) is 0 Å². The first-order chi connectivity index (χ1) is 17.2. The predicted molar refractivity (Wildman–Crippen MR) is 163 cm³/mol. The van der Waals surface area contributed by atoms with Crippen molar-refractivity contribution in [1.82, 2.24) is 4.90 Å². The molecule has 35 heavy (non-hydrogen) atoms. The zero-order chi connectivity index (χ0) is 25.7. The van der Waals surface area contributed by atoms with Crippen LogP contribution >= 0.6 is 0 Å². The second-order valence-electron chi connectivity index (χ2n) is 11.7. The van der Waals surface area contributed by atoms with Crippen LogP contribution in [0.1, 0.15) is 187 Å². The van der Waals surface area contributed by atoms with Gasteiger partial charge in [-0.2, -0.15) is 0 Å². The number of allylic oxidation sites excluding steroid dienone is 2. The molecule has 210 valence electrons. The van der Waals surface area contributed by atoms with Gasteiger partial charge in [0.05, 0.1) is 0 Å². The third kappa shape index (κ3) is 28.1. The average Bonchev–Trinajstić information content (AvgIpc) is 2.85. The van der Waals surface area contributed by atoms with Crippen LogP contribution in [-0.2, 0) is 0 Å². The van der Waals surface area contributed by atoms with E-state index in [1.807, 2.05) is 0 Å². The predicted octanol–water partition coefficient (Wildman–Crippen LogP) is 12.0. The Hall–Kier alpha value is -0.300. The highest BCUT2D eigenvalue weighted by Gasteiger charge is 2.10. The smallest absolute Gasteiger partial charge is 0.00891 e. The lowest BCUT2D eigenvalue weighted by Crippen LogP contribution is -2.27. The fourth-order valence-corrected chi connectivity index (χ4v) is 5.33. The first-order valence-corrected chi connectivity index (χ1v) is 16.5. The summed E-state index contributed by atoms with van der Waals surface area (Å²) in [6.07, 6.45) is 43.3. The maximum Gasteiger partial charge on any atom is 0.00891 e. The third-order valence-electron chi connectivity index (χ3n) is 7.92. The highest BCUT2D eigenvalue weighted by Crippen LogP contribution is 2.18. The molecule has 0 aromatic carbocycles. The summed E-state index contributed by atoms with van der Waals surface area (Å²) in [4.78, 5) is 2.49. The molecule has 0 saturated carbocycles. The quantitative estimate of drug-likeness (QED) is 0.0742. The second-order valence-corrected chi connectivity index (χ2v) is 11.7. The first-order valence-electron chi connectivity index (χ1n) is 16.5. The van der Waals surface area contributed by atoms with Crippen LogP contribution in [0.3, 0.4) is 0 Å². The van der Waals surface area contributed by atoms with Gasteiger partial charge in [-0.25, -0.2) is 0 Å². The molecule has 1 unspecified atom stereocenters. The van der Waals surface area contributed by atoms with E-state index in [1.165, 1.54) is 173 Å². The van der Waals surface area contributed by atoms with Crippen LogP contribution in [0.4, 0.5) is 0 Å². The molecule has 0 heterocycles. The lowest BCUT2D eigenvalue weighted by molar-refractivity contribution is 0.251. The molecule has 0 aromatic heterocycles. The molecular formula is C34H69N. The summed E-state index contributed by atoms with van der Waals surface area (Å²) in [7, 11) is 4.59. The van der Waals surface area contributed by atoms with Crippen molar-refractivity contribution in [2.75, 3.05) is 14.1 Å². The molecule has 0 radical (unpaired) electrons. The third-order valence-corrected chi connectivity index (χ3v) is 7.92. The zero-order valence-electron chi connectivity index (χ0n) is 25.3. The standard InChI is InChI=1S/C34H69N/c1-5-7-9-11-13-15-17-19-20-21-23-25-27-29-31-33-34(35(3)4)32-30-28-26-24-22-18-16-14-12-10-8-6-2/h19-20,34H,5-18,21-33H2,1-4H3/b20-19-. The summed E-state index contributed by atoms with van der Waals surface area (Å²) < 4.78 is 0. The van der Waals surface area contributed by atoms with Gasteiger partial charge in [0.1, 0.15) is 0 Å². The van der Waals surface area contributed by atoms with Gasteiger partial charge >= 0.3 is 0 Å².